The van der Waals surface area contributed by atoms with Crippen molar-refractivity contribution in [2.75, 3.05) is 31.6 Å². The molecule has 1 atom stereocenters. The van der Waals surface area contributed by atoms with Crippen LogP contribution in [0.1, 0.15) is 24.6 Å². The van der Waals surface area contributed by atoms with E-state index >= 15 is 0 Å². The molecule has 0 radical (unpaired) electrons. The van der Waals surface area contributed by atoms with Gasteiger partial charge in [0.25, 0.3) is 0 Å². The maximum Gasteiger partial charge on any atom is 0.191 e. The van der Waals surface area contributed by atoms with E-state index in [1.807, 2.05) is 6.07 Å². The Bertz CT molecular complexity index is 510. The van der Waals surface area contributed by atoms with Gasteiger partial charge in [-0.05, 0) is 11.4 Å². The van der Waals surface area contributed by atoms with E-state index in [1.165, 1.54) is 4.88 Å². The lowest BCUT2D eigenvalue weighted by molar-refractivity contribution is 0.595. The van der Waals surface area contributed by atoms with Crippen molar-refractivity contribution in [3.05, 3.63) is 22.4 Å². The molecule has 2 N–H and O–H groups in total. The van der Waals surface area contributed by atoms with Crippen LogP contribution < -0.4 is 10.6 Å². The van der Waals surface area contributed by atoms with Crippen LogP contribution in [0.5, 0.6) is 0 Å². The first kappa shape index (κ1) is 17.0. The van der Waals surface area contributed by atoms with E-state index < -0.39 is 9.84 Å². The van der Waals surface area contributed by atoms with E-state index in [9.17, 15) is 8.42 Å². The largest absolute Gasteiger partial charge is 0.356 e. The molecule has 0 aliphatic carbocycles. The lowest BCUT2D eigenvalue weighted by Crippen LogP contribution is -2.41. The summed E-state index contributed by atoms with van der Waals surface area (Å²) in [6.07, 6.45) is 0. The molecule has 20 heavy (non-hydrogen) atoms. The zero-order valence-electron chi connectivity index (χ0n) is 12.2. The van der Waals surface area contributed by atoms with E-state index in [0.29, 0.717) is 18.4 Å². The van der Waals surface area contributed by atoms with Gasteiger partial charge in [0.15, 0.2) is 15.8 Å². The predicted octanol–water partition coefficient (Wildman–Crippen LogP) is 1.45. The Hall–Kier alpha value is -1.08. The second-order valence-electron chi connectivity index (χ2n) is 4.53. The first-order valence-electron chi connectivity index (χ1n) is 6.67. The molecule has 0 aromatic carbocycles. The van der Waals surface area contributed by atoms with Gasteiger partial charge in [-0.1, -0.05) is 19.9 Å². The monoisotopic (exact) mass is 317 g/mol. The molecule has 7 heteroatoms. The average molecular weight is 317 g/mol. The third kappa shape index (κ3) is 5.92. The van der Waals surface area contributed by atoms with Crippen molar-refractivity contribution in [3.63, 3.8) is 0 Å². The lowest BCUT2D eigenvalue weighted by Gasteiger charge is -2.15. The van der Waals surface area contributed by atoms with Crippen LogP contribution in [0.25, 0.3) is 0 Å². The number of sulfone groups is 1. The van der Waals surface area contributed by atoms with Gasteiger partial charge in [0.1, 0.15) is 0 Å². The first-order valence-corrected chi connectivity index (χ1v) is 9.37. The molecule has 1 rings (SSSR count). The number of hydrogen-bond acceptors (Lipinski definition) is 4. The Kier molecular flexibility index (Phi) is 7.01. The average Bonchev–Trinajstić information content (AvgIpc) is 2.96. The summed E-state index contributed by atoms with van der Waals surface area (Å²) in [5.41, 5.74) is 0. The lowest BCUT2D eigenvalue weighted by atomic mass is 10.1. The molecule has 114 valence electrons. The van der Waals surface area contributed by atoms with E-state index in [2.05, 4.69) is 34.0 Å². The molecule has 1 aromatic heterocycles. The van der Waals surface area contributed by atoms with Gasteiger partial charge in [0.2, 0.25) is 0 Å². The molecule has 1 aromatic rings. The molecular formula is C13H23N3O2S2. The van der Waals surface area contributed by atoms with Crippen molar-refractivity contribution in [1.29, 1.82) is 0 Å². The Morgan fingerprint density at radius 3 is 2.75 bits per heavy atom. The van der Waals surface area contributed by atoms with Gasteiger partial charge in [-0.2, -0.15) is 0 Å². The van der Waals surface area contributed by atoms with E-state index in [0.717, 1.165) is 6.54 Å². The van der Waals surface area contributed by atoms with E-state index in [1.54, 1.807) is 25.3 Å². The standard InChI is InChI=1S/C13H23N3O2S2/c1-4-20(17,18)9-7-15-13(14-3)16-10-11(2)12-6-5-8-19-12/h5-6,8,11H,4,7,9-10H2,1-3H3,(H2,14,15,16). The summed E-state index contributed by atoms with van der Waals surface area (Å²) in [6.45, 7) is 4.95. The highest BCUT2D eigenvalue weighted by Gasteiger charge is 2.09. The minimum absolute atomic E-state index is 0.130. The van der Waals surface area contributed by atoms with Gasteiger partial charge >= 0.3 is 0 Å². The minimum atomic E-state index is -2.93. The smallest absolute Gasteiger partial charge is 0.191 e. The molecule has 1 unspecified atom stereocenters. The van der Waals surface area contributed by atoms with Crippen LogP contribution in [0, 0.1) is 0 Å². The Labute approximate surface area is 125 Å². The van der Waals surface area contributed by atoms with Gasteiger partial charge in [-0.3, -0.25) is 4.99 Å². The topological polar surface area (TPSA) is 70.6 Å². The van der Waals surface area contributed by atoms with Crippen LogP contribution in [-0.2, 0) is 9.84 Å². The summed E-state index contributed by atoms with van der Waals surface area (Å²) in [5, 5.41) is 8.30. The molecular weight excluding hydrogens is 294 g/mol. The number of thiophene rings is 1. The van der Waals surface area contributed by atoms with Crippen LogP contribution in [0.2, 0.25) is 0 Å². The van der Waals surface area contributed by atoms with Gasteiger partial charge in [-0.15, -0.1) is 11.3 Å². The molecule has 5 nitrogen and oxygen atoms in total. The predicted molar refractivity (Wildman–Crippen MR) is 86.4 cm³/mol. The van der Waals surface area contributed by atoms with Crippen molar-refractivity contribution in [1.82, 2.24) is 10.6 Å². The highest BCUT2D eigenvalue weighted by atomic mass is 32.2. The molecule has 1 heterocycles. The second-order valence-corrected chi connectivity index (χ2v) is 7.98. The molecule has 0 aliphatic heterocycles. The fraction of sp³-hybridized carbons (Fsp3) is 0.615. The molecule has 0 saturated heterocycles. The molecule has 0 fully saturated rings. The highest BCUT2D eigenvalue weighted by molar-refractivity contribution is 7.91. The summed E-state index contributed by atoms with van der Waals surface area (Å²) in [6, 6.07) is 4.15. The van der Waals surface area contributed by atoms with Crippen molar-refractivity contribution in [2.24, 2.45) is 4.99 Å². The van der Waals surface area contributed by atoms with Gasteiger partial charge in [0.05, 0.1) is 5.75 Å². The number of rotatable bonds is 7. The Morgan fingerprint density at radius 2 is 2.20 bits per heavy atom. The summed E-state index contributed by atoms with van der Waals surface area (Å²) in [5.74, 6) is 1.34. The summed E-state index contributed by atoms with van der Waals surface area (Å²) in [7, 11) is -1.25. The van der Waals surface area contributed by atoms with Gasteiger partial charge in [0, 0.05) is 36.7 Å². The number of hydrogen-bond donors (Lipinski definition) is 2. The Balaban J connectivity index is 2.34. The molecule has 0 spiro atoms. The van der Waals surface area contributed by atoms with Crippen molar-refractivity contribution < 1.29 is 8.42 Å². The first-order chi connectivity index (χ1) is 9.48. The number of guanidine groups is 1. The van der Waals surface area contributed by atoms with Gasteiger partial charge < -0.3 is 10.6 Å². The molecule has 0 saturated carbocycles. The van der Waals surface area contributed by atoms with Crippen LogP contribution in [-0.4, -0.2) is 46.0 Å². The number of nitrogens with zero attached hydrogens (tertiary/aromatic N) is 1. The molecule has 0 bridgehead atoms. The fourth-order valence-corrected chi connectivity index (χ4v) is 3.10. The zero-order valence-corrected chi connectivity index (χ0v) is 13.9. The second kappa shape index (κ2) is 8.26. The molecule has 0 amide bonds. The van der Waals surface area contributed by atoms with Crippen LogP contribution >= 0.6 is 11.3 Å². The quantitative estimate of drug-likeness (QED) is 0.590. The normalized spacial score (nSPS) is 14.1. The van der Waals surface area contributed by atoms with Crippen molar-refractivity contribution in [3.8, 4) is 0 Å². The van der Waals surface area contributed by atoms with Gasteiger partial charge in [-0.25, -0.2) is 8.42 Å². The molecule has 0 aliphatic rings. The number of nitrogens with one attached hydrogen (secondary N) is 2. The van der Waals surface area contributed by atoms with Crippen LogP contribution in [0.3, 0.4) is 0 Å². The van der Waals surface area contributed by atoms with Crippen LogP contribution in [0.15, 0.2) is 22.5 Å². The SMILES string of the molecule is CCS(=O)(=O)CCNC(=NC)NCC(C)c1cccs1. The summed E-state index contributed by atoms with van der Waals surface area (Å²) < 4.78 is 22.8. The number of aliphatic imine (C=N–C) groups is 1. The van der Waals surface area contributed by atoms with E-state index in [4.69, 9.17) is 0 Å². The summed E-state index contributed by atoms with van der Waals surface area (Å²) in [4.78, 5) is 5.41. The summed E-state index contributed by atoms with van der Waals surface area (Å²) >= 11 is 1.73. The fourth-order valence-electron chi connectivity index (χ4n) is 1.61. The zero-order chi connectivity index (χ0) is 15.0. The third-order valence-electron chi connectivity index (χ3n) is 2.97. The minimum Gasteiger partial charge on any atom is -0.356 e. The maximum absolute atomic E-state index is 11.4. The third-order valence-corrected chi connectivity index (χ3v) is 5.78. The highest BCUT2D eigenvalue weighted by Crippen LogP contribution is 2.19. The van der Waals surface area contributed by atoms with E-state index in [-0.39, 0.29) is 11.5 Å². The van der Waals surface area contributed by atoms with Crippen molar-refractivity contribution in [2.45, 2.75) is 19.8 Å². The maximum atomic E-state index is 11.4. The van der Waals surface area contributed by atoms with Crippen LogP contribution in [0.4, 0.5) is 0 Å². The van der Waals surface area contributed by atoms with Crippen molar-refractivity contribution >= 4 is 27.1 Å². The Morgan fingerprint density at radius 1 is 1.45 bits per heavy atom.